The maximum atomic E-state index is 4.56. The van der Waals surface area contributed by atoms with Gasteiger partial charge in [-0.05, 0) is 19.9 Å². The van der Waals surface area contributed by atoms with Crippen molar-refractivity contribution in [3.05, 3.63) is 36.9 Å². The van der Waals surface area contributed by atoms with Crippen LogP contribution >= 0.6 is 0 Å². The highest BCUT2D eigenvalue weighted by Crippen LogP contribution is 2.27. The van der Waals surface area contributed by atoms with Crippen molar-refractivity contribution in [3.63, 3.8) is 0 Å². The van der Waals surface area contributed by atoms with E-state index in [0.29, 0.717) is 0 Å². The van der Waals surface area contributed by atoms with Crippen LogP contribution in [-0.2, 0) is 7.05 Å². The van der Waals surface area contributed by atoms with E-state index in [9.17, 15) is 0 Å². The molecule has 0 radical (unpaired) electrons. The second-order valence-corrected chi connectivity index (χ2v) is 6.91. The number of hydrogen-bond acceptors (Lipinski definition) is 4. The summed E-state index contributed by atoms with van der Waals surface area (Å²) in [7, 11) is 1.93. The monoisotopic (exact) mass is 310 g/mol. The molecule has 0 aromatic carbocycles. The van der Waals surface area contributed by atoms with Crippen molar-refractivity contribution in [2.75, 3.05) is 24.5 Å². The summed E-state index contributed by atoms with van der Waals surface area (Å²) in [6, 6.07) is 4.30. The Morgan fingerprint density at radius 3 is 2.70 bits per heavy atom. The first-order valence-electron chi connectivity index (χ1n) is 7.98. The lowest BCUT2D eigenvalue weighted by molar-refractivity contribution is 0.353. The minimum absolute atomic E-state index is 0.127. The number of fused-ring (bicyclic) bond motifs is 1. The van der Waals surface area contributed by atoms with Crippen molar-refractivity contribution in [2.45, 2.75) is 19.4 Å². The molecule has 6 heteroatoms. The molecule has 1 N–H and O–H groups in total. The summed E-state index contributed by atoms with van der Waals surface area (Å²) in [6.07, 6.45) is 7.95. The Labute approximate surface area is 135 Å². The summed E-state index contributed by atoms with van der Waals surface area (Å²) >= 11 is 0. The zero-order chi connectivity index (χ0) is 16.0. The summed E-state index contributed by atoms with van der Waals surface area (Å²) in [5.74, 6) is 0. The number of anilines is 1. The molecule has 1 aliphatic rings. The largest absolute Gasteiger partial charge is 0.365 e. The Bertz CT molecular complexity index is 844. The number of nitrogens with zero attached hydrogens (tertiary/aromatic N) is 5. The van der Waals surface area contributed by atoms with E-state index in [-0.39, 0.29) is 5.54 Å². The van der Waals surface area contributed by atoms with E-state index in [4.69, 9.17) is 0 Å². The smallest absolute Gasteiger partial charge is 0.0896 e. The number of piperazine rings is 1. The van der Waals surface area contributed by atoms with E-state index >= 15 is 0 Å². The third kappa shape index (κ3) is 2.59. The molecule has 0 bridgehead atoms. The lowest BCUT2D eigenvalue weighted by atomic mass is 10.0. The SMILES string of the molecule is Cn1cc(-c2ccc3c(N4CCNC(C)(C)C4)cnn3c2)cn1. The minimum atomic E-state index is 0.127. The normalized spacial score (nSPS) is 17.8. The van der Waals surface area contributed by atoms with Gasteiger partial charge in [0.2, 0.25) is 0 Å². The molecule has 4 rings (SSSR count). The van der Waals surface area contributed by atoms with Crippen LogP contribution in [-0.4, -0.2) is 44.6 Å². The standard InChI is InChI=1S/C17H22N6/c1-17(2)12-22(7-6-18-17)16-9-20-23-11-13(4-5-15(16)23)14-8-19-21(3)10-14/h4-5,8-11,18H,6-7,12H2,1-3H3. The Morgan fingerprint density at radius 2 is 1.96 bits per heavy atom. The molecule has 23 heavy (non-hydrogen) atoms. The molecule has 0 aliphatic carbocycles. The Kier molecular flexibility index (Phi) is 3.16. The summed E-state index contributed by atoms with van der Waals surface area (Å²) < 4.78 is 3.78. The van der Waals surface area contributed by atoms with Gasteiger partial charge in [0.25, 0.3) is 0 Å². The van der Waals surface area contributed by atoms with Crippen molar-refractivity contribution < 1.29 is 0 Å². The summed E-state index contributed by atoms with van der Waals surface area (Å²) in [5, 5.41) is 12.4. The van der Waals surface area contributed by atoms with E-state index in [1.165, 1.54) is 5.69 Å². The van der Waals surface area contributed by atoms with Crippen molar-refractivity contribution in [3.8, 4) is 11.1 Å². The number of pyridine rings is 1. The average molecular weight is 310 g/mol. The fraction of sp³-hybridized carbons (Fsp3) is 0.412. The van der Waals surface area contributed by atoms with Crippen LogP contribution in [0.15, 0.2) is 36.9 Å². The number of aryl methyl sites for hydroxylation is 1. The molecular formula is C17H22N6. The van der Waals surface area contributed by atoms with Gasteiger partial charge >= 0.3 is 0 Å². The second kappa shape index (κ2) is 5.09. The summed E-state index contributed by atoms with van der Waals surface area (Å²) in [6.45, 7) is 7.47. The quantitative estimate of drug-likeness (QED) is 0.786. The zero-order valence-corrected chi connectivity index (χ0v) is 13.8. The van der Waals surface area contributed by atoms with Crippen LogP contribution < -0.4 is 10.2 Å². The van der Waals surface area contributed by atoms with Gasteiger partial charge in [0.15, 0.2) is 0 Å². The van der Waals surface area contributed by atoms with Crippen molar-refractivity contribution in [1.82, 2.24) is 24.7 Å². The van der Waals surface area contributed by atoms with Crippen LogP contribution in [0.4, 0.5) is 5.69 Å². The van der Waals surface area contributed by atoms with Crippen LogP contribution in [0.5, 0.6) is 0 Å². The predicted molar refractivity (Wildman–Crippen MR) is 91.7 cm³/mol. The maximum absolute atomic E-state index is 4.56. The first-order chi connectivity index (χ1) is 11.0. The van der Waals surface area contributed by atoms with Gasteiger partial charge in [-0.2, -0.15) is 10.2 Å². The summed E-state index contributed by atoms with van der Waals surface area (Å²) in [4.78, 5) is 2.42. The van der Waals surface area contributed by atoms with Gasteiger partial charge in [-0.15, -0.1) is 0 Å². The fourth-order valence-electron chi connectivity index (χ4n) is 3.30. The van der Waals surface area contributed by atoms with E-state index in [2.05, 4.69) is 52.6 Å². The van der Waals surface area contributed by atoms with Gasteiger partial charge in [-0.1, -0.05) is 6.07 Å². The molecule has 0 saturated carbocycles. The lowest BCUT2D eigenvalue weighted by Gasteiger charge is -2.39. The number of aromatic nitrogens is 4. The highest BCUT2D eigenvalue weighted by atomic mass is 15.3. The van der Waals surface area contributed by atoms with Gasteiger partial charge in [0, 0.05) is 55.7 Å². The molecule has 1 saturated heterocycles. The molecule has 3 aromatic rings. The maximum Gasteiger partial charge on any atom is 0.0896 e. The van der Waals surface area contributed by atoms with Gasteiger partial charge in [0.1, 0.15) is 0 Å². The van der Waals surface area contributed by atoms with Crippen LogP contribution in [0.1, 0.15) is 13.8 Å². The predicted octanol–water partition coefficient (Wildman–Crippen LogP) is 1.92. The molecule has 4 heterocycles. The molecule has 0 unspecified atom stereocenters. The van der Waals surface area contributed by atoms with Crippen molar-refractivity contribution >= 4 is 11.2 Å². The van der Waals surface area contributed by atoms with Gasteiger partial charge in [-0.25, -0.2) is 4.52 Å². The van der Waals surface area contributed by atoms with E-state index in [0.717, 1.165) is 36.3 Å². The van der Waals surface area contributed by atoms with Crippen LogP contribution in [0.25, 0.3) is 16.6 Å². The Hall–Kier alpha value is -2.34. The van der Waals surface area contributed by atoms with Gasteiger partial charge < -0.3 is 10.2 Å². The molecule has 0 amide bonds. The topological polar surface area (TPSA) is 50.4 Å². The molecule has 3 aromatic heterocycles. The van der Waals surface area contributed by atoms with E-state index in [1.54, 1.807) is 0 Å². The molecule has 6 nitrogen and oxygen atoms in total. The van der Waals surface area contributed by atoms with Crippen LogP contribution in [0.3, 0.4) is 0 Å². The second-order valence-electron chi connectivity index (χ2n) is 6.91. The van der Waals surface area contributed by atoms with Gasteiger partial charge in [-0.3, -0.25) is 4.68 Å². The lowest BCUT2D eigenvalue weighted by Crippen LogP contribution is -2.57. The molecule has 0 atom stereocenters. The van der Waals surface area contributed by atoms with Crippen molar-refractivity contribution in [1.29, 1.82) is 0 Å². The first-order valence-corrected chi connectivity index (χ1v) is 7.98. The molecular weight excluding hydrogens is 288 g/mol. The third-order valence-electron chi connectivity index (χ3n) is 4.45. The van der Waals surface area contributed by atoms with Gasteiger partial charge in [0.05, 0.1) is 23.6 Å². The highest BCUT2D eigenvalue weighted by molar-refractivity contribution is 5.75. The molecule has 120 valence electrons. The van der Waals surface area contributed by atoms with E-state index in [1.807, 2.05) is 34.8 Å². The molecule has 1 aliphatic heterocycles. The zero-order valence-electron chi connectivity index (χ0n) is 13.8. The minimum Gasteiger partial charge on any atom is -0.365 e. The van der Waals surface area contributed by atoms with Crippen LogP contribution in [0.2, 0.25) is 0 Å². The number of nitrogens with one attached hydrogen (secondary N) is 1. The average Bonchev–Trinajstić information content (AvgIpc) is 3.11. The fourth-order valence-corrected chi connectivity index (χ4v) is 3.30. The molecule has 1 fully saturated rings. The Morgan fingerprint density at radius 1 is 1.09 bits per heavy atom. The van der Waals surface area contributed by atoms with Crippen LogP contribution in [0, 0.1) is 0 Å². The highest BCUT2D eigenvalue weighted by Gasteiger charge is 2.27. The third-order valence-corrected chi connectivity index (χ3v) is 4.45. The number of rotatable bonds is 2. The first kappa shape index (κ1) is 14.3. The van der Waals surface area contributed by atoms with Crippen molar-refractivity contribution in [2.24, 2.45) is 7.05 Å². The Balaban J connectivity index is 1.70. The van der Waals surface area contributed by atoms with E-state index < -0.39 is 0 Å². The number of hydrogen-bond donors (Lipinski definition) is 1. The summed E-state index contributed by atoms with van der Waals surface area (Å²) in [5.41, 5.74) is 4.71. The molecule has 0 spiro atoms.